The van der Waals surface area contributed by atoms with Gasteiger partial charge in [0.05, 0.1) is 17.9 Å². The lowest BCUT2D eigenvalue weighted by Gasteiger charge is -2.28. The van der Waals surface area contributed by atoms with Crippen LogP contribution >= 0.6 is 0 Å². The number of piperidine rings is 1. The van der Waals surface area contributed by atoms with Crippen molar-refractivity contribution in [2.75, 3.05) is 32.1 Å². The molecule has 0 aliphatic carbocycles. The standard InChI is InChI=1S/C17H23N5O3/c1-21-6-4-13(5-7-21)22-10-12(9-19-22)20-17(23)15-16(25-11-18-15)14-3-2-8-24-14/h9-11,13-14H,2-8H2,1H3,(H,20,23). The molecule has 0 saturated carbocycles. The van der Waals surface area contributed by atoms with E-state index in [1.807, 2.05) is 10.9 Å². The monoisotopic (exact) mass is 345 g/mol. The molecule has 8 nitrogen and oxygen atoms in total. The Hall–Kier alpha value is -2.19. The number of amides is 1. The van der Waals surface area contributed by atoms with Gasteiger partial charge in [-0.25, -0.2) is 4.98 Å². The Morgan fingerprint density at radius 3 is 2.92 bits per heavy atom. The Balaban J connectivity index is 1.43. The van der Waals surface area contributed by atoms with Crippen LogP contribution in [0.15, 0.2) is 23.2 Å². The summed E-state index contributed by atoms with van der Waals surface area (Å²) in [6, 6.07) is 0.386. The molecule has 0 radical (unpaired) electrons. The number of nitrogens with one attached hydrogen (secondary N) is 1. The molecule has 2 aromatic heterocycles. The highest BCUT2D eigenvalue weighted by Crippen LogP contribution is 2.31. The van der Waals surface area contributed by atoms with E-state index >= 15 is 0 Å². The number of rotatable bonds is 4. The lowest BCUT2D eigenvalue weighted by atomic mass is 10.1. The van der Waals surface area contributed by atoms with Gasteiger partial charge in [-0.1, -0.05) is 0 Å². The highest BCUT2D eigenvalue weighted by Gasteiger charge is 2.28. The molecule has 4 rings (SSSR count). The summed E-state index contributed by atoms with van der Waals surface area (Å²) < 4.78 is 12.9. The van der Waals surface area contributed by atoms with Crippen molar-refractivity contribution in [2.45, 2.75) is 37.8 Å². The van der Waals surface area contributed by atoms with Crippen molar-refractivity contribution in [1.82, 2.24) is 19.7 Å². The molecule has 0 bridgehead atoms. The van der Waals surface area contributed by atoms with Crippen molar-refractivity contribution in [2.24, 2.45) is 0 Å². The van der Waals surface area contributed by atoms with Crippen LogP contribution in [-0.2, 0) is 4.74 Å². The highest BCUT2D eigenvalue weighted by molar-refractivity contribution is 6.03. The molecule has 2 saturated heterocycles. The topological polar surface area (TPSA) is 85.4 Å². The fourth-order valence-electron chi connectivity index (χ4n) is 3.49. The molecular weight excluding hydrogens is 322 g/mol. The third-order valence-electron chi connectivity index (χ3n) is 4.95. The van der Waals surface area contributed by atoms with Gasteiger partial charge in [0.15, 0.2) is 17.8 Å². The fraction of sp³-hybridized carbons (Fsp3) is 0.588. The van der Waals surface area contributed by atoms with Crippen LogP contribution in [0.4, 0.5) is 5.69 Å². The van der Waals surface area contributed by atoms with Crippen LogP contribution in [-0.4, -0.2) is 52.3 Å². The van der Waals surface area contributed by atoms with Gasteiger partial charge in [-0.3, -0.25) is 9.48 Å². The summed E-state index contributed by atoms with van der Waals surface area (Å²) in [5, 5.41) is 7.28. The van der Waals surface area contributed by atoms with Crippen LogP contribution < -0.4 is 5.32 Å². The molecule has 1 amide bonds. The number of hydrogen-bond donors (Lipinski definition) is 1. The van der Waals surface area contributed by atoms with Crippen LogP contribution in [0.5, 0.6) is 0 Å². The quantitative estimate of drug-likeness (QED) is 0.915. The second-order valence-corrected chi connectivity index (χ2v) is 6.76. The lowest BCUT2D eigenvalue weighted by molar-refractivity contribution is 0.0889. The van der Waals surface area contributed by atoms with Gasteiger partial charge in [-0.05, 0) is 45.8 Å². The lowest BCUT2D eigenvalue weighted by Crippen LogP contribution is -2.31. The molecule has 2 aliphatic rings. The molecule has 2 aliphatic heterocycles. The van der Waals surface area contributed by atoms with Crippen molar-refractivity contribution in [3.8, 4) is 0 Å². The van der Waals surface area contributed by atoms with Gasteiger partial charge >= 0.3 is 0 Å². The molecule has 1 atom stereocenters. The summed E-state index contributed by atoms with van der Waals surface area (Å²) in [5.74, 6) is 0.222. The van der Waals surface area contributed by atoms with Crippen LogP contribution in [0.1, 0.15) is 54.1 Å². The van der Waals surface area contributed by atoms with Gasteiger partial charge in [0.25, 0.3) is 5.91 Å². The number of carbonyl (C=O) groups is 1. The van der Waals surface area contributed by atoms with Crippen molar-refractivity contribution < 1.29 is 13.9 Å². The first-order chi connectivity index (χ1) is 12.2. The Kier molecular flexibility index (Phi) is 4.54. The number of carbonyl (C=O) groups excluding carboxylic acids is 1. The van der Waals surface area contributed by atoms with Crippen molar-refractivity contribution in [1.29, 1.82) is 0 Å². The second-order valence-electron chi connectivity index (χ2n) is 6.76. The van der Waals surface area contributed by atoms with E-state index < -0.39 is 0 Å². The van der Waals surface area contributed by atoms with Gasteiger partial charge < -0.3 is 19.4 Å². The van der Waals surface area contributed by atoms with E-state index in [-0.39, 0.29) is 12.0 Å². The van der Waals surface area contributed by atoms with Gasteiger partial charge in [0, 0.05) is 12.8 Å². The van der Waals surface area contributed by atoms with Gasteiger partial charge in [-0.2, -0.15) is 5.10 Å². The largest absolute Gasteiger partial charge is 0.445 e. The molecule has 4 heterocycles. The van der Waals surface area contributed by atoms with Gasteiger partial charge in [0.2, 0.25) is 0 Å². The number of anilines is 1. The molecule has 1 N–H and O–H groups in total. The van der Waals surface area contributed by atoms with Crippen molar-refractivity contribution in [3.05, 3.63) is 30.2 Å². The Morgan fingerprint density at radius 2 is 2.16 bits per heavy atom. The first kappa shape index (κ1) is 16.3. The molecule has 1 unspecified atom stereocenters. The zero-order valence-electron chi connectivity index (χ0n) is 14.4. The van der Waals surface area contributed by atoms with E-state index in [9.17, 15) is 4.79 Å². The number of aromatic nitrogens is 3. The minimum absolute atomic E-state index is 0.176. The zero-order valence-corrected chi connectivity index (χ0v) is 14.4. The third kappa shape index (κ3) is 3.45. The van der Waals surface area contributed by atoms with E-state index in [0.717, 1.165) is 38.8 Å². The first-order valence-corrected chi connectivity index (χ1v) is 8.80. The van der Waals surface area contributed by atoms with Crippen LogP contribution in [0.2, 0.25) is 0 Å². The fourth-order valence-corrected chi connectivity index (χ4v) is 3.49. The van der Waals surface area contributed by atoms with Gasteiger partial charge in [0.1, 0.15) is 6.10 Å². The van der Waals surface area contributed by atoms with Crippen LogP contribution in [0.3, 0.4) is 0 Å². The van der Waals surface area contributed by atoms with Crippen molar-refractivity contribution >= 4 is 11.6 Å². The predicted molar refractivity (Wildman–Crippen MR) is 90.4 cm³/mol. The maximum absolute atomic E-state index is 12.5. The first-order valence-electron chi connectivity index (χ1n) is 8.80. The molecule has 0 aromatic carbocycles. The van der Waals surface area contributed by atoms with E-state index in [2.05, 4.69) is 27.3 Å². The predicted octanol–water partition coefficient (Wildman–Crippen LogP) is 2.24. The Bertz CT molecular complexity index is 726. The summed E-state index contributed by atoms with van der Waals surface area (Å²) >= 11 is 0. The number of likely N-dealkylation sites (tertiary alicyclic amines) is 1. The number of ether oxygens (including phenoxy) is 1. The SMILES string of the molecule is CN1CCC(n2cc(NC(=O)c3ncoc3C3CCCO3)cn2)CC1. The number of nitrogens with zero attached hydrogens (tertiary/aromatic N) is 4. The molecule has 2 fully saturated rings. The van der Waals surface area contributed by atoms with E-state index in [1.54, 1.807) is 6.20 Å². The molecule has 134 valence electrons. The average molecular weight is 345 g/mol. The normalized spacial score (nSPS) is 22.4. The highest BCUT2D eigenvalue weighted by atomic mass is 16.5. The minimum Gasteiger partial charge on any atom is -0.445 e. The molecular formula is C17H23N5O3. The maximum atomic E-state index is 12.5. The van der Waals surface area contributed by atoms with E-state index in [0.29, 0.717) is 29.8 Å². The smallest absolute Gasteiger partial charge is 0.278 e. The summed E-state index contributed by atoms with van der Waals surface area (Å²) in [4.78, 5) is 18.9. The van der Waals surface area contributed by atoms with E-state index in [1.165, 1.54) is 6.39 Å². The summed E-state index contributed by atoms with van der Waals surface area (Å²) in [6.07, 6.45) is 8.65. The minimum atomic E-state index is -0.290. The molecule has 8 heteroatoms. The number of oxazole rings is 1. The molecule has 0 spiro atoms. The maximum Gasteiger partial charge on any atom is 0.278 e. The van der Waals surface area contributed by atoms with Gasteiger partial charge in [-0.15, -0.1) is 0 Å². The second kappa shape index (κ2) is 6.97. The molecule has 25 heavy (non-hydrogen) atoms. The number of hydrogen-bond acceptors (Lipinski definition) is 6. The molecule has 2 aromatic rings. The Labute approximate surface area is 146 Å². The summed E-state index contributed by atoms with van der Waals surface area (Å²) in [6.45, 7) is 2.82. The van der Waals surface area contributed by atoms with Crippen molar-refractivity contribution in [3.63, 3.8) is 0 Å². The zero-order chi connectivity index (χ0) is 17.2. The Morgan fingerprint density at radius 1 is 1.32 bits per heavy atom. The summed E-state index contributed by atoms with van der Waals surface area (Å²) in [5.41, 5.74) is 0.962. The summed E-state index contributed by atoms with van der Waals surface area (Å²) in [7, 11) is 2.13. The average Bonchev–Trinajstić information content (AvgIpc) is 3.36. The van der Waals surface area contributed by atoms with Crippen LogP contribution in [0, 0.1) is 0 Å². The van der Waals surface area contributed by atoms with Crippen LogP contribution in [0.25, 0.3) is 0 Å². The third-order valence-corrected chi connectivity index (χ3v) is 4.95. The van der Waals surface area contributed by atoms with E-state index in [4.69, 9.17) is 9.15 Å².